The lowest BCUT2D eigenvalue weighted by molar-refractivity contribution is -0.121. The third-order valence-electron chi connectivity index (χ3n) is 5.01. The first-order valence-electron chi connectivity index (χ1n) is 10.4. The van der Waals surface area contributed by atoms with Crippen LogP contribution in [0.25, 0.3) is 16.9 Å². The van der Waals surface area contributed by atoms with E-state index in [9.17, 15) is 9.59 Å². The average molecular weight is 515 g/mol. The van der Waals surface area contributed by atoms with Crippen molar-refractivity contribution in [2.45, 2.75) is 19.4 Å². The molecule has 0 saturated heterocycles. The molecule has 0 aliphatic heterocycles. The van der Waals surface area contributed by atoms with Crippen molar-refractivity contribution in [3.05, 3.63) is 70.4 Å². The van der Waals surface area contributed by atoms with E-state index < -0.39 is 6.09 Å². The summed E-state index contributed by atoms with van der Waals surface area (Å²) in [6, 6.07) is 12.3. The third-order valence-corrected chi connectivity index (χ3v) is 5.52. The molecule has 2 aromatic heterocycles. The average Bonchev–Trinajstić information content (AvgIpc) is 3.52. The number of aromatic amines is 1. The number of nitrogens with zero attached hydrogens (tertiary/aromatic N) is 5. The zero-order chi connectivity index (χ0) is 24.8. The highest BCUT2D eigenvalue weighted by atomic mass is 35.5. The molecule has 3 N–H and O–H groups in total. The smallest absolute Gasteiger partial charge is 0.411 e. The van der Waals surface area contributed by atoms with Gasteiger partial charge in [0.1, 0.15) is 23.0 Å². The van der Waals surface area contributed by atoms with E-state index in [4.69, 9.17) is 23.2 Å². The molecule has 4 rings (SSSR count). The zero-order valence-electron chi connectivity index (χ0n) is 18.5. The zero-order valence-corrected chi connectivity index (χ0v) is 20.0. The van der Waals surface area contributed by atoms with Crippen LogP contribution >= 0.6 is 23.2 Å². The van der Waals surface area contributed by atoms with Gasteiger partial charge in [0.05, 0.1) is 19.3 Å². The number of carbonyl (C=O) groups excluding carboxylic acids is 2. The van der Waals surface area contributed by atoms with Crippen molar-refractivity contribution in [1.82, 2.24) is 35.5 Å². The standard InChI is InChI=1S/C22H20Cl2N8O3/c1-35-22(34)27-16-6-2-13(3-7-16)20-21(24)29-18(28-20)11-25-19(33)9-4-14-10-15(23)5-8-17(14)32-12-26-30-31-32/h2-3,5-8,10,12H,4,9,11H2,1H3,(H,25,33)(H,27,34)(H,28,29). The number of aromatic nitrogens is 6. The summed E-state index contributed by atoms with van der Waals surface area (Å²) in [5.41, 5.74) is 3.44. The summed E-state index contributed by atoms with van der Waals surface area (Å²) in [5, 5.41) is 17.5. The van der Waals surface area contributed by atoms with Crippen LogP contribution < -0.4 is 10.6 Å². The van der Waals surface area contributed by atoms with Crippen LogP contribution in [0.4, 0.5) is 10.5 Å². The molecular weight excluding hydrogens is 495 g/mol. The number of ether oxygens (including phenoxy) is 1. The molecule has 0 atom stereocenters. The molecular formula is C22H20Cl2N8O3. The number of H-pyrrole nitrogens is 1. The first-order valence-corrected chi connectivity index (χ1v) is 11.2. The van der Waals surface area contributed by atoms with E-state index in [1.807, 2.05) is 0 Å². The van der Waals surface area contributed by atoms with E-state index in [1.54, 1.807) is 42.5 Å². The molecule has 2 heterocycles. The van der Waals surface area contributed by atoms with Crippen molar-refractivity contribution in [2.75, 3.05) is 12.4 Å². The maximum atomic E-state index is 12.5. The van der Waals surface area contributed by atoms with E-state index in [0.29, 0.717) is 33.8 Å². The maximum Gasteiger partial charge on any atom is 0.411 e. The second-order valence-electron chi connectivity index (χ2n) is 7.34. The Morgan fingerprint density at radius 2 is 1.94 bits per heavy atom. The summed E-state index contributed by atoms with van der Waals surface area (Å²) < 4.78 is 6.09. The maximum absolute atomic E-state index is 12.5. The van der Waals surface area contributed by atoms with Gasteiger partial charge in [-0.1, -0.05) is 35.3 Å². The third kappa shape index (κ3) is 6.14. The summed E-state index contributed by atoms with van der Waals surface area (Å²) in [7, 11) is 1.29. The fourth-order valence-electron chi connectivity index (χ4n) is 3.32. The predicted octanol–water partition coefficient (Wildman–Crippen LogP) is 3.79. The summed E-state index contributed by atoms with van der Waals surface area (Å²) in [6.45, 7) is 0.177. The molecule has 2 amide bonds. The Bertz CT molecular complexity index is 1320. The van der Waals surface area contributed by atoms with Gasteiger partial charge in [-0.15, -0.1) is 5.10 Å². The molecule has 0 aliphatic rings. The highest BCUT2D eigenvalue weighted by Gasteiger charge is 2.13. The van der Waals surface area contributed by atoms with E-state index in [1.165, 1.54) is 18.1 Å². The van der Waals surface area contributed by atoms with E-state index in [0.717, 1.165) is 16.8 Å². The van der Waals surface area contributed by atoms with E-state index in [2.05, 4.69) is 40.9 Å². The number of methoxy groups -OCH3 is 1. The fourth-order valence-corrected chi connectivity index (χ4v) is 3.78. The molecule has 35 heavy (non-hydrogen) atoms. The van der Waals surface area contributed by atoms with Gasteiger partial charge < -0.3 is 15.0 Å². The van der Waals surface area contributed by atoms with Crippen molar-refractivity contribution in [1.29, 1.82) is 0 Å². The van der Waals surface area contributed by atoms with Crippen molar-refractivity contribution in [3.8, 4) is 16.9 Å². The van der Waals surface area contributed by atoms with Crippen LogP contribution in [0, 0.1) is 0 Å². The lowest BCUT2D eigenvalue weighted by Crippen LogP contribution is -2.23. The van der Waals surface area contributed by atoms with Gasteiger partial charge in [-0.2, -0.15) is 0 Å². The van der Waals surface area contributed by atoms with E-state index >= 15 is 0 Å². The number of hydrogen-bond donors (Lipinski definition) is 3. The summed E-state index contributed by atoms with van der Waals surface area (Å²) >= 11 is 12.4. The van der Waals surface area contributed by atoms with Crippen LogP contribution in [-0.4, -0.2) is 49.3 Å². The van der Waals surface area contributed by atoms with Crippen molar-refractivity contribution < 1.29 is 14.3 Å². The lowest BCUT2D eigenvalue weighted by atomic mass is 10.1. The highest BCUT2D eigenvalue weighted by Crippen LogP contribution is 2.27. The molecule has 0 aliphatic carbocycles. The van der Waals surface area contributed by atoms with E-state index in [-0.39, 0.29) is 18.9 Å². The number of halogens is 2. The van der Waals surface area contributed by atoms with Crippen LogP contribution in [0.3, 0.4) is 0 Å². The molecule has 4 aromatic rings. The Morgan fingerprint density at radius 1 is 1.14 bits per heavy atom. The monoisotopic (exact) mass is 514 g/mol. The van der Waals surface area contributed by atoms with Gasteiger partial charge in [0.2, 0.25) is 5.91 Å². The number of carbonyl (C=O) groups is 2. The number of hydrogen-bond acceptors (Lipinski definition) is 7. The Hall–Kier alpha value is -3.96. The van der Waals surface area contributed by atoms with Gasteiger partial charge in [0.15, 0.2) is 0 Å². The second kappa shape index (κ2) is 11.0. The number of aryl methyl sites for hydroxylation is 1. The van der Waals surface area contributed by atoms with Crippen molar-refractivity contribution in [2.24, 2.45) is 0 Å². The summed E-state index contributed by atoms with van der Waals surface area (Å²) in [4.78, 5) is 31.2. The Balaban J connectivity index is 1.35. The molecule has 13 heteroatoms. The predicted molar refractivity (Wildman–Crippen MR) is 129 cm³/mol. The second-order valence-corrected chi connectivity index (χ2v) is 8.16. The molecule has 0 fully saturated rings. The summed E-state index contributed by atoms with van der Waals surface area (Å²) in [6.07, 6.45) is 1.59. The van der Waals surface area contributed by atoms with Crippen LogP contribution in [-0.2, 0) is 22.5 Å². The Labute approximate surface area is 209 Å². The fraction of sp³-hybridized carbons (Fsp3) is 0.182. The number of imidazole rings is 1. The van der Waals surface area contributed by atoms with Crippen LogP contribution in [0.2, 0.25) is 10.2 Å². The number of rotatable bonds is 8. The molecule has 180 valence electrons. The Kier molecular flexibility index (Phi) is 7.58. The molecule has 0 unspecified atom stereocenters. The van der Waals surface area contributed by atoms with Crippen LogP contribution in [0.1, 0.15) is 17.8 Å². The summed E-state index contributed by atoms with van der Waals surface area (Å²) in [5.74, 6) is 0.340. The molecule has 11 nitrogen and oxygen atoms in total. The molecule has 0 bridgehead atoms. The normalized spacial score (nSPS) is 10.7. The van der Waals surface area contributed by atoms with Gasteiger partial charge in [-0.05, 0) is 52.7 Å². The molecule has 2 aromatic carbocycles. The number of amides is 2. The van der Waals surface area contributed by atoms with Crippen LogP contribution in [0.5, 0.6) is 0 Å². The quantitative estimate of drug-likeness (QED) is 0.324. The Morgan fingerprint density at radius 3 is 2.66 bits per heavy atom. The van der Waals surface area contributed by atoms with Crippen molar-refractivity contribution >= 4 is 40.9 Å². The lowest BCUT2D eigenvalue weighted by Gasteiger charge is -2.09. The highest BCUT2D eigenvalue weighted by molar-refractivity contribution is 6.32. The number of tetrazole rings is 1. The molecule has 0 radical (unpaired) electrons. The van der Waals surface area contributed by atoms with Gasteiger partial charge in [0, 0.05) is 22.7 Å². The van der Waals surface area contributed by atoms with Gasteiger partial charge in [0.25, 0.3) is 0 Å². The van der Waals surface area contributed by atoms with Gasteiger partial charge in [-0.3, -0.25) is 10.1 Å². The molecule has 0 spiro atoms. The number of benzene rings is 2. The first kappa shape index (κ1) is 24.2. The minimum Gasteiger partial charge on any atom is -0.453 e. The van der Waals surface area contributed by atoms with Crippen LogP contribution in [0.15, 0.2) is 48.8 Å². The SMILES string of the molecule is COC(=O)Nc1ccc(-c2nc(CNC(=O)CCc3cc(Cl)ccc3-n3cnnn3)[nH]c2Cl)cc1. The van der Waals surface area contributed by atoms with Crippen molar-refractivity contribution in [3.63, 3.8) is 0 Å². The molecule has 0 saturated carbocycles. The minimum atomic E-state index is -0.560. The topological polar surface area (TPSA) is 140 Å². The van der Waals surface area contributed by atoms with Gasteiger partial charge in [-0.25, -0.2) is 14.5 Å². The number of nitrogens with one attached hydrogen (secondary N) is 3. The largest absolute Gasteiger partial charge is 0.453 e. The number of anilines is 1. The minimum absolute atomic E-state index is 0.167. The first-order chi connectivity index (χ1) is 16.9. The van der Waals surface area contributed by atoms with Gasteiger partial charge >= 0.3 is 6.09 Å².